The van der Waals surface area contributed by atoms with Crippen LogP contribution in [0.25, 0.3) is 0 Å². The number of aromatic nitrogens is 2. The molecule has 1 saturated carbocycles. The molecule has 1 amide bonds. The second-order valence-electron chi connectivity index (χ2n) is 6.57. The minimum Gasteiger partial charge on any atom is -0.310 e. The van der Waals surface area contributed by atoms with E-state index in [0.717, 1.165) is 24.2 Å². The lowest BCUT2D eigenvalue weighted by atomic mass is 10.2. The minimum atomic E-state index is -0.0534. The van der Waals surface area contributed by atoms with Crippen molar-refractivity contribution in [1.82, 2.24) is 14.7 Å². The zero-order valence-corrected chi connectivity index (χ0v) is 15.7. The Morgan fingerprint density at radius 3 is 2.76 bits per heavy atom. The van der Waals surface area contributed by atoms with Crippen molar-refractivity contribution in [3.8, 4) is 0 Å². The molecule has 1 N–H and O–H groups in total. The van der Waals surface area contributed by atoms with E-state index in [-0.39, 0.29) is 12.5 Å². The Kier molecular flexibility index (Phi) is 5.99. The van der Waals surface area contributed by atoms with Crippen molar-refractivity contribution in [1.29, 1.82) is 0 Å². The lowest BCUT2D eigenvalue weighted by Gasteiger charge is -2.18. The molecule has 0 radical (unpaired) electrons. The van der Waals surface area contributed by atoms with Gasteiger partial charge in [0.25, 0.3) is 0 Å². The smallest absolute Gasteiger partial charge is 0.239 e. The Hall–Kier alpha value is -1.56. The number of nitrogens with zero attached hydrogens (tertiary/aromatic N) is 3. The highest BCUT2D eigenvalue weighted by Crippen LogP contribution is 2.31. The van der Waals surface area contributed by atoms with E-state index in [9.17, 15) is 4.79 Å². The maximum Gasteiger partial charge on any atom is 0.239 e. The molecule has 134 valence electrons. The molecule has 0 spiro atoms. The third-order valence-corrected chi connectivity index (χ3v) is 5.20. The Labute approximate surface area is 157 Å². The van der Waals surface area contributed by atoms with E-state index in [4.69, 9.17) is 23.2 Å². The Bertz CT molecular complexity index is 740. The number of rotatable bonds is 6. The Balaban J connectivity index is 1.55. The molecule has 1 aliphatic carbocycles. The van der Waals surface area contributed by atoms with E-state index < -0.39 is 0 Å². The van der Waals surface area contributed by atoms with Gasteiger partial charge in [0.2, 0.25) is 5.91 Å². The molecule has 0 aliphatic heterocycles. The molecule has 25 heavy (non-hydrogen) atoms. The summed E-state index contributed by atoms with van der Waals surface area (Å²) < 4.78 is 1.95. The summed E-state index contributed by atoms with van der Waals surface area (Å²) in [5.74, 6) is 0.724. The number of nitrogens with one attached hydrogen (secondary N) is 1. The van der Waals surface area contributed by atoms with Gasteiger partial charge < -0.3 is 5.32 Å². The molecule has 5 nitrogen and oxygen atoms in total. The van der Waals surface area contributed by atoms with Gasteiger partial charge in [-0.3, -0.25) is 9.69 Å². The molecule has 0 bridgehead atoms. The number of likely N-dealkylation sites (N-methyl/N-ethyl adjacent to an activating group) is 1. The van der Waals surface area contributed by atoms with Crippen LogP contribution in [0.5, 0.6) is 0 Å². The third-order valence-electron chi connectivity index (χ3n) is 4.46. The predicted octanol–water partition coefficient (Wildman–Crippen LogP) is 4.38. The zero-order valence-electron chi connectivity index (χ0n) is 14.2. The van der Waals surface area contributed by atoms with E-state index in [1.54, 1.807) is 12.3 Å². The first kappa shape index (κ1) is 18.2. The summed E-state index contributed by atoms with van der Waals surface area (Å²) in [6.45, 7) is 0.905. The van der Waals surface area contributed by atoms with Crippen LogP contribution in [-0.4, -0.2) is 34.2 Å². The van der Waals surface area contributed by atoms with E-state index in [1.165, 1.54) is 12.8 Å². The average Bonchev–Trinajstić information content (AvgIpc) is 3.21. The van der Waals surface area contributed by atoms with Crippen molar-refractivity contribution >= 4 is 34.9 Å². The van der Waals surface area contributed by atoms with Crippen LogP contribution in [0.15, 0.2) is 30.5 Å². The molecule has 0 saturated heterocycles. The first-order valence-corrected chi connectivity index (χ1v) is 9.24. The SMILES string of the molecule is CN(CC(=O)Nc1ccnn1C1CCCC1)Cc1ccc(Cl)c(Cl)c1. The molecule has 1 aliphatic rings. The first-order valence-electron chi connectivity index (χ1n) is 8.49. The van der Waals surface area contributed by atoms with Gasteiger partial charge in [0.15, 0.2) is 0 Å². The van der Waals surface area contributed by atoms with Crippen LogP contribution in [0.1, 0.15) is 37.3 Å². The number of anilines is 1. The minimum absolute atomic E-state index is 0.0534. The van der Waals surface area contributed by atoms with Crippen molar-refractivity contribution in [2.24, 2.45) is 0 Å². The Morgan fingerprint density at radius 1 is 1.28 bits per heavy atom. The molecule has 0 unspecified atom stereocenters. The van der Waals surface area contributed by atoms with E-state index in [1.807, 2.05) is 34.8 Å². The molecular formula is C18H22Cl2N4O. The second kappa shape index (κ2) is 8.21. The molecule has 3 rings (SSSR count). The van der Waals surface area contributed by atoms with E-state index >= 15 is 0 Å². The van der Waals surface area contributed by atoms with Crippen LogP contribution >= 0.6 is 23.2 Å². The molecule has 0 atom stereocenters. The van der Waals surface area contributed by atoms with Gasteiger partial charge in [0.1, 0.15) is 5.82 Å². The number of carbonyl (C=O) groups is 1. The van der Waals surface area contributed by atoms with Crippen molar-refractivity contribution in [3.05, 3.63) is 46.1 Å². The number of hydrogen-bond acceptors (Lipinski definition) is 3. The van der Waals surface area contributed by atoms with Gasteiger partial charge in [-0.15, -0.1) is 0 Å². The number of benzene rings is 1. The lowest BCUT2D eigenvalue weighted by Crippen LogP contribution is -2.30. The van der Waals surface area contributed by atoms with Crippen LogP contribution in [0.2, 0.25) is 10.0 Å². The summed E-state index contributed by atoms with van der Waals surface area (Å²) in [6, 6.07) is 7.77. The van der Waals surface area contributed by atoms with Gasteiger partial charge in [-0.05, 0) is 37.6 Å². The maximum absolute atomic E-state index is 12.4. The van der Waals surface area contributed by atoms with Crippen molar-refractivity contribution in [2.45, 2.75) is 38.3 Å². The van der Waals surface area contributed by atoms with E-state index in [0.29, 0.717) is 22.6 Å². The summed E-state index contributed by atoms with van der Waals surface area (Å²) in [7, 11) is 1.90. The van der Waals surface area contributed by atoms with Gasteiger partial charge in [-0.1, -0.05) is 42.1 Å². The zero-order chi connectivity index (χ0) is 17.8. The van der Waals surface area contributed by atoms with Crippen LogP contribution in [-0.2, 0) is 11.3 Å². The average molecular weight is 381 g/mol. The summed E-state index contributed by atoms with van der Waals surface area (Å²) in [6.07, 6.45) is 6.45. The van der Waals surface area contributed by atoms with E-state index in [2.05, 4.69) is 10.4 Å². The summed E-state index contributed by atoms with van der Waals surface area (Å²) in [4.78, 5) is 14.3. The van der Waals surface area contributed by atoms with Crippen LogP contribution in [0.3, 0.4) is 0 Å². The fourth-order valence-electron chi connectivity index (χ4n) is 3.29. The lowest BCUT2D eigenvalue weighted by molar-refractivity contribution is -0.117. The monoisotopic (exact) mass is 380 g/mol. The van der Waals surface area contributed by atoms with Crippen LogP contribution in [0, 0.1) is 0 Å². The summed E-state index contributed by atoms with van der Waals surface area (Å²) in [5.41, 5.74) is 1.01. The Morgan fingerprint density at radius 2 is 2.04 bits per heavy atom. The normalized spacial score (nSPS) is 15.0. The quantitative estimate of drug-likeness (QED) is 0.808. The highest BCUT2D eigenvalue weighted by atomic mass is 35.5. The molecule has 1 aromatic carbocycles. The van der Waals surface area contributed by atoms with Gasteiger partial charge in [0, 0.05) is 12.6 Å². The highest BCUT2D eigenvalue weighted by Gasteiger charge is 2.20. The molecule has 1 heterocycles. The second-order valence-corrected chi connectivity index (χ2v) is 7.38. The highest BCUT2D eigenvalue weighted by molar-refractivity contribution is 6.42. The topological polar surface area (TPSA) is 50.2 Å². The molecule has 1 fully saturated rings. The van der Waals surface area contributed by atoms with Crippen molar-refractivity contribution < 1.29 is 4.79 Å². The largest absolute Gasteiger partial charge is 0.310 e. The number of halogens is 2. The van der Waals surface area contributed by atoms with Gasteiger partial charge in [-0.25, -0.2) is 4.68 Å². The predicted molar refractivity (Wildman–Crippen MR) is 101 cm³/mol. The molecule has 1 aromatic heterocycles. The summed E-state index contributed by atoms with van der Waals surface area (Å²) in [5, 5.41) is 8.41. The third kappa shape index (κ3) is 4.75. The van der Waals surface area contributed by atoms with Gasteiger partial charge in [-0.2, -0.15) is 5.10 Å². The fourth-order valence-corrected chi connectivity index (χ4v) is 3.61. The van der Waals surface area contributed by atoms with Crippen molar-refractivity contribution in [3.63, 3.8) is 0 Å². The molecular weight excluding hydrogens is 359 g/mol. The number of hydrogen-bond donors (Lipinski definition) is 1. The standard InChI is InChI=1S/C18H22Cl2N4O/c1-23(11-13-6-7-15(19)16(20)10-13)12-18(25)22-17-8-9-21-24(17)14-4-2-3-5-14/h6-10,14H,2-5,11-12H2,1H3,(H,22,25). The van der Waals surface area contributed by atoms with Crippen molar-refractivity contribution in [2.75, 3.05) is 18.9 Å². The maximum atomic E-state index is 12.4. The first-order chi connectivity index (χ1) is 12.0. The fraction of sp³-hybridized carbons (Fsp3) is 0.444. The number of carbonyl (C=O) groups excluding carboxylic acids is 1. The van der Waals surface area contributed by atoms with Gasteiger partial charge >= 0.3 is 0 Å². The van der Waals surface area contributed by atoms with Crippen LogP contribution < -0.4 is 5.32 Å². The number of amides is 1. The van der Waals surface area contributed by atoms with Gasteiger partial charge in [0.05, 0.1) is 28.8 Å². The molecule has 7 heteroatoms. The van der Waals surface area contributed by atoms with Crippen LogP contribution in [0.4, 0.5) is 5.82 Å². The summed E-state index contributed by atoms with van der Waals surface area (Å²) >= 11 is 12.0. The molecule has 2 aromatic rings.